The van der Waals surface area contributed by atoms with Crippen molar-refractivity contribution in [2.45, 2.75) is 109 Å². The zero-order valence-electron chi connectivity index (χ0n) is 14.8. The average Bonchev–Trinajstić information content (AvgIpc) is 2.52. The van der Waals surface area contributed by atoms with Crippen LogP contribution in [0.15, 0.2) is 25.3 Å². The molecule has 22 heavy (non-hydrogen) atoms. The standard InChI is InChI=1S/C21H39F/c1-3-5-7-9-11-13-15-17-19-21(22)20-18-16-14-12-10-8-6-4-2/h3-4,21H,1-2,5-20H2. The molecule has 0 spiro atoms. The monoisotopic (exact) mass is 310 g/mol. The molecule has 0 amide bonds. The Kier molecular flexibility index (Phi) is 18.0. The van der Waals surface area contributed by atoms with E-state index >= 15 is 0 Å². The van der Waals surface area contributed by atoms with E-state index in [1.165, 1.54) is 64.2 Å². The zero-order chi connectivity index (χ0) is 16.3. The maximum atomic E-state index is 13.7. The summed E-state index contributed by atoms with van der Waals surface area (Å²) in [6.45, 7) is 7.47. The van der Waals surface area contributed by atoms with Crippen LogP contribution in [0.1, 0.15) is 103 Å². The molecule has 0 atom stereocenters. The molecule has 0 aromatic heterocycles. The first kappa shape index (κ1) is 21.4. The van der Waals surface area contributed by atoms with E-state index in [1.807, 2.05) is 12.2 Å². The molecule has 0 aliphatic rings. The first-order valence-electron chi connectivity index (χ1n) is 9.67. The number of halogens is 1. The van der Waals surface area contributed by atoms with Gasteiger partial charge in [0, 0.05) is 0 Å². The van der Waals surface area contributed by atoms with E-state index in [0.717, 1.165) is 38.5 Å². The normalized spacial score (nSPS) is 11.0. The summed E-state index contributed by atoms with van der Waals surface area (Å²) in [4.78, 5) is 0. The van der Waals surface area contributed by atoms with Crippen LogP contribution in [0.4, 0.5) is 4.39 Å². The van der Waals surface area contributed by atoms with Gasteiger partial charge in [0.25, 0.3) is 0 Å². The molecule has 0 N–H and O–H groups in total. The van der Waals surface area contributed by atoms with Gasteiger partial charge in [0.1, 0.15) is 6.17 Å². The second kappa shape index (κ2) is 18.5. The highest BCUT2D eigenvalue weighted by Crippen LogP contribution is 2.16. The predicted octanol–water partition coefficient (Wildman–Crippen LogP) is 7.94. The molecule has 0 heterocycles. The highest BCUT2D eigenvalue weighted by atomic mass is 19.1. The summed E-state index contributed by atoms with van der Waals surface area (Å²) in [6, 6.07) is 0. The molecule has 0 aromatic carbocycles. The fourth-order valence-corrected chi connectivity index (χ4v) is 2.87. The Hall–Kier alpha value is -0.590. The molecule has 0 unspecified atom stereocenters. The van der Waals surface area contributed by atoms with E-state index in [4.69, 9.17) is 0 Å². The van der Waals surface area contributed by atoms with Crippen molar-refractivity contribution in [3.8, 4) is 0 Å². The van der Waals surface area contributed by atoms with Gasteiger partial charge in [0.2, 0.25) is 0 Å². The second-order valence-electron chi connectivity index (χ2n) is 6.57. The molecule has 1 heteroatoms. The number of hydrogen-bond donors (Lipinski definition) is 0. The zero-order valence-corrected chi connectivity index (χ0v) is 14.8. The number of hydrogen-bond acceptors (Lipinski definition) is 0. The third-order valence-corrected chi connectivity index (χ3v) is 4.35. The third kappa shape index (κ3) is 17.5. The Morgan fingerprint density at radius 2 is 0.864 bits per heavy atom. The molecule has 0 aliphatic heterocycles. The lowest BCUT2D eigenvalue weighted by atomic mass is 10.0. The Morgan fingerprint density at radius 3 is 1.23 bits per heavy atom. The van der Waals surface area contributed by atoms with Crippen molar-refractivity contribution in [2.24, 2.45) is 0 Å². The molecule has 0 saturated heterocycles. The molecule has 130 valence electrons. The van der Waals surface area contributed by atoms with E-state index in [9.17, 15) is 4.39 Å². The molecule has 0 nitrogen and oxygen atoms in total. The number of unbranched alkanes of at least 4 members (excludes halogenated alkanes) is 12. The predicted molar refractivity (Wildman–Crippen MR) is 99.2 cm³/mol. The first-order chi connectivity index (χ1) is 10.8. The van der Waals surface area contributed by atoms with E-state index in [2.05, 4.69) is 13.2 Å². The van der Waals surface area contributed by atoms with Crippen LogP contribution >= 0.6 is 0 Å². The van der Waals surface area contributed by atoms with E-state index in [0.29, 0.717) is 0 Å². The van der Waals surface area contributed by atoms with Crippen molar-refractivity contribution < 1.29 is 4.39 Å². The van der Waals surface area contributed by atoms with Crippen LogP contribution in [0.25, 0.3) is 0 Å². The number of alkyl halides is 1. The van der Waals surface area contributed by atoms with Gasteiger partial charge in [0.15, 0.2) is 0 Å². The van der Waals surface area contributed by atoms with Gasteiger partial charge >= 0.3 is 0 Å². The average molecular weight is 311 g/mol. The van der Waals surface area contributed by atoms with Gasteiger partial charge in [0.05, 0.1) is 0 Å². The second-order valence-corrected chi connectivity index (χ2v) is 6.57. The van der Waals surface area contributed by atoms with Crippen molar-refractivity contribution in [3.63, 3.8) is 0 Å². The number of rotatable bonds is 18. The summed E-state index contributed by atoms with van der Waals surface area (Å²) in [6.07, 6.45) is 22.1. The van der Waals surface area contributed by atoms with E-state index in [1.54, 1.807) is 0 Å². The summed E-state index contributed by atoms with van der Waals surface area (Å²) < 4.78 is 13.7. The van der Waals surface area contributed by atoms with Crippen LogP contribution in [-0.4, -0.2) is 6.17 Å². The van der Waals surface area contributed by atoms with Crippen molar-refractivity contribution in [2.75, 3.05) is 0 Å². The smallest absolute Gasteiger partial charge is 0.100 e. The van der Waals surface area contributed by atoms with Crippen molar-refractivity contribution >= 4 is 0 Å². The Balaban J connectivity index is 3.14. The molecule has 0 fully saturated rings. The Bertz CT molecular complexity index is 210. The lowest BCUT2D eigenvalue weighted by Gasteiger charge is -2.08. The molecule has 0 rings (SSSR count). The van der Waals surface area contributed by atoms with Crippen LogP contribution in [0.2, 0.25) is 0 Å². The minimum atomic E-state index is -0.554. The lowest BCUT2D eigenvalue weighted by molar-refractivity contribution is 0.279. The summed E-state index contributed by atoms with van der Waals surface area (Å²) in [5.74, 6) is 0. The van der Waals surface area contributed by atoms with Crippen LogP contribution in [0.5, 0.6) is 0 Å². The van der Waals surface area contributed by atoms with Crippen molar-refractivity contribution in [1.82, 2.24) is 0 Å². The topological polar surface area (TPSA) is 0 Å². The third-order valence-electron chi connectivity index (χ3n) is 4.35. The van der Waals surface area contributed by atoms with Crippen LogP contribution in [0, 0.1) is 0 Å². The maximum Gasteiger partial charge on any atom is 0.100 e. The summed E-state index contributed by atoms with van der Waals surface area (Å²) in [5.41, 5.74) is 0. The number of allylic oxidation sites excluding steroid dienone is 2. The van der Waals surface area contributed by atoms with E-state index in [-0.39, 0.29) is 0 Å². The highest BCUT2D eigenvalue weighted by Gasteiger charge is 2.05. The Morgan fingerprint density at radius 1 is 0.545 bits per heavy atom. The molecule has 0 radical (unpaired) electrons. The van der Waals surface area contributed by atoms with Crippen molar-refractivity contribution in [1.29, 1.82) is 0 Å². The van der Waals surface area contributed by atoms with Gasteiger partial charge in [-0.3, -0.25) is 0 Å². The van der Waals surface area contributed by atoms with Gasteiger partial charge in [-0.15, -0.1) is 13.2 Å². The molecular formula is C21H39F. The summed E-state index contributed by atoms with van der Waals surface area (Å²) in [5, 5.41) is 0. The van der Waals surface area contributed by atoms with Crippen LogP contribution < -0.4 is 0 Å². The fourth-order valence-electron chi connectivity index (χ4n) is 2.87. The van der Waals surface area contributed by atoms with Gasteiger partial charge < -0.3 is 0 Å². The Labute approximate surface area is 139 Å². The van der Waals surface area contributed by atoms with E-state index < -0.39 is 6.17 Å². The minimum absolute atomic E-state index is 0.554. The SMILES string of the molecule is C=CCCCCCCCCC(F)CCCCCCCCC=C. The molecule has 0 saturated carbocycles. The molecule has 0 aliphatic carbocycles. The molecular weight excluding hydrogens is 271 g/mol. The fraction of sp³-hybridized carbons (Fsp3) is 0.810. The summed E-state index contributed by atoms with van der Waals surface area (Å²) >= 11 is 0. The lowest BCUT2D eigenvalue weighted by Crippen LogP contribution is -2.00. The van der Waals surface area contributed by atoms with Gasteiger partial charge in [-0.1, -0.05) is 76.4 Å². The maximum absolute atomic E-state index is 13.7. The van der Waals surface area contributed by atoms with Gasteiger partial charge in [-0.25, -0.2) is 4.39 Å². The minimum Gasteiger partial charge on any atom is -0.247 e. The first-order valence-corrected chi connectivity index (χ1v) is 9.67. The molecule has 0 bridgehead atoms. The largest absolute Gasteiger partial charge is 0.247 e. The summed E-state index contributed by atoms with van der Waals surface area (Å²) in [7, 11) is 0. The quantitative estimate of drug-likeness (QED) is 0.178. The molecule has 0 aromatic rings. The van der Waals surface area contributed by atoms with Crippen LogP contribution in [-0.2, 0) is 0 Å². The van der Waals surface area contributed by atoms with Gasteiger partial charge in [-0.05, 0) is 38.5 Å². The highest BCUT2D eigenvalue weighted by molar-refractivity contribution is 4.66. The van der Waals surface area contributed by atoms with Gasteiger partial charge in [-0.2, -0.15) is 0 Å². The van der Waals surface area contributed by atoms with Crippen LogP contribution in [0.3, 0.4) is 0 Å². The van der Waals surface area contributed by atoms with Crippen molar-refractivity contribution in [3.05, 3.63) is 25.3 Å².